The van der Waals surface area contributed by atoms with Gasteiger partial charge in [0.15, 0.2) is 0 Å². The predicted molar refractivity (Wildman–Crippen MR) is 109 cm³/mol. The molecule has 0 amide bonds. The van der Waals surface area contributed by atoms with E-state index in [1.165, 1.54) is 0 Å². The maximum absolute atomic E-state index is 11.0. The van der Waals surface area contributed by atoms with Crippen LogP contribution in [0.1, 0.15) is 37.0 Å². The Kier molecular flexibility index (Phi) is 5.92. The molecule has 0 bridgehead atoms. The third kappa shape index (κ3) is 4.76. The Labute approximate surface area is 160 Å². The highest BCUT2D eigenvalue weighted by Gasteiger charge is 2.05. The van der Waals surface area contributed by atoms with Crippen molar-refractivity contribution in [3.63, 3.8) is 0 Å². The van der Waals surface area contributed by atoms with Gasteiger partial charge in [-0.25, -0.2) is 4.79 Å². The van der Waals surface area contributed by atoms with E-state index in [1.807, 2.05) is 24.3 Å². The van der Waals surface area contributed by atoms with Crippen LogP contribution >= 0.6 is 0 Å². The molecule has 0 saturated heterocycles. The lowest BCUT2D eigenvalue weighted by molar-refractivity contribution is 0.0697. The van der Waals surface area contributed by atoms with E-state index in [-0.39, 0.29) is 6.10 Å². The van der Waals surface area contributed by atoms with Gasteiger partial charge in [-0.3, -0.25) is 0 Å². The summed E-state index contributed by atoms with van der Waals surface area (Å²) in [5, 5.41) is 8.99. The van der Waals surface area contributed by atoms with Crippen molar-refractivity contribution in [1.82, 2.24) is 0 Å². The molecule has 0 saturated carbocycles. The first-order valence-corrected chi connectivity index (χ1v) is 9.27. The number of benzene rings is 3. The largest absolute Gasteiger partial charge is 0.491 e. The smallest absolute Gasteiger partial charge is 0.335 e. The third-order valence-electron chi connectivity index (χ3n) is 4.57. The first-order valence-electron chi connectivity index (χ1n) is 9.27. The number of rotatable bonds is 7. The molecule has 0 aliphatic rings. The zero-order chi connectivity index (χ0) is 19.2. The van der Waals surface area contributed by atoms with Crippen LogP contribution in [0.25, 0.3) is 22.3 Å². The number of carboxylic acids is 1. The van der Waals surface area contributed by atoms with Gasteiger partial charge in [-0.2, -0.15) is 0 Å². The molecule has 1 N–H and O–H groups in total. The second kappa shape index (κ2) is 8.54. The van der Waals surface area contributed by atoms with Gasteiger partial charge in [0.25, 0.3) is 0 Å². The Morgan fingerprint density at radius 1 is 0.815 bits per heavy atom. The summed E-state index contributed by atoms with van der Waals surface area (Å²) in [6.07, 6.45) is 2.40. The molecule has 0 aliphatic carbocycles. The molecule has 3 nitrogen and oxygen atoms in total. The third-order valence-corrected chi connectivity index (χ3v) is 4.57. The minimum Gasteiger partial charge on any atom is -0.491 e. The normalized spacial score (nSPS) is 11.8. The van der Waals surface area contributed by atoms with Crippen LogP contribution in [0.5, 0.6) is 5.75 Å². The average Bonchev–Trinajstić information content (AvgIpc) is 2.69. The molecule has 138 valence electrons. The van der Waals surface area contributed by atoms with Gasteiger partial charge in [-0.05, 0) is 59.9 Å². The predicted octanol–water partition coefficient (Wildman–Crippen LogP) is 6.29. The number of hydrogen-bond donors (Lipinski definition) is 1. The van der Waals surface area contributed by atoms with Crippen LogP contribution in [0.4, 0.5) is 0 Å². The van der Waals surface area contributed by atoms with Gasteiger partial charge in [0.05, 0.1) is 11.7 Å². The lowest BCUT2D eigenvalue weighted by Crippen LogP contribution is -2.10. The van der Waals surface area contributed by atoms with E-state index >= 15 is 0 Å². The Bertz CT molecular complexity index is 878. The summed E-state index contributed by atoms with van der Waals surface area (Å²) in [6, 6.07) is 23.4. The van der Waals surface area contributed by atoms with Gasteiger partial charge in [-0.1, -0.05) is 61.9 Å². The highest BCUT2D eigenvalue weighted by molar-refractivity contribution is 5.88. The summed E-state index contributed by atoms with van der Waals surface area (Å²) in [6.45, 7) is 4.26. The number of ether oxygens (including phenoxy) is 1. The fraction of sp³-hybridized carbons (Fsp3) is 0.208. The van der Waals surface area contributed by atoms with Crippen molar-refractivity contribution in [3.05, 3.63) is 78.4 Å². The molecule has 3 rings (SSSR count). The van der Waals surface area contributed by atoms with Gasteiger partial charge in [-0.15, -0.1) is 0 Å². The molecular formula is C24H24O3. The fourth-order valence-corrected chi connectivity index (χ4v) is 3.08. The maximum Gasteiger partial charge on any atom is 0.335 e. The van der Waals surface area contributed by atoms with Crippen LogP contribution < -0.4 is 4.74 Å². The van der Waals surface area contributed by atoms with Crippen LogP contribution in [-0.4, -0.2) is 17.2 Å². The number of carboxylic acid groups (broad SMARTS) is 1. The zero-order valence-corrected chi connectivity index (χ0v) is 15.7. The molecule has 27 heavy (non-hydrogen) atoms. The monoisotopic (exact) mass is 360 g/mol. The topological polar surface area (TPSA) is 46.5 Å². The molecule has 0 aromatic heterocycles. The number of hydrogen-bond acceptors (Lipinski definition) is 2. The first kappa shape index (κ1) is 18.7. The lowest BCUT2D eigenvalue weighted by atomic mass is 9.99. The SMILES string of the molecule is CCCC(C)Oc1ccc(-c2ccc(-c3ccc(C(=O)O)cc3)cc2)cc1. The standard InChI is InChI=1S/C24H24O3/c1-3-4-17(2)27-23-15-13-21(14-16-23)19-7-5-18(6-8-19)20-9-11-22(12-10-20)24(25)26/h5-17H,3-4H2,1-2H3,(H,25,26). The van der Waals surface area contributed by atoms with Crippen LogP contribution in [0.15, 0.2) is 72.8 Å². The van der Waals surface area contributed by atoms with Crippen molar-refractivity contribution in [1.29, 1.82) is 0 Å². The summed E-state index contributed by atoms with van der Waals surface area (Å²) in [5.74, 6) is -0.0109. The van der Waals surface area contributed by atoms with E-state index in [0.29, 0.717) is 5.56 Å². The van der Waals surface area contributed by atoms with Crippen molar-refractivity contribution in [2.75, 3.05) is 0 Å². The molecule has 3 heteroatoms. The van der Waals surface area contributed by atoms with Crippen LogP contribution in [-0.2, 0) is 0 Å². The van der Waals surface area contributed by atoms with Gasteiger partial charge in [0, 0.05) is 0 Å². The second-order valence-corrected chi connectivity index (χ2v) is 6.70. The van der Waals surface area contributed by atoms with E-state index in [2.05, 4.69) is 50.2 Å². The summed E-state index contributed by atoms with van der Waals surface area (Å²) in [5.41, 5.74) is 4.63. The Balaban J connectivity index is 1.72. The van der Waals surface area contributed by atoms with E-state index in [9.17, 15) is 4.79 Å². The molecule has 0 aliphatic heterocycles. The summed E-state index contributed by atoms with van der Waals surface area (Å²) < 4.78 is 5.91. The van der Waals surface area contributed by atoms with Gasteiger partial charge in [0.1, 0.15) is 5.75 Å². The molecular weight excluding hydrogens is 336 g/mol. The highest BCUT2D eigenvalue weighted by Crippen LogP contribution is 2.27. The molecule has 0 heterocycles. The van der Waals surface area contributed by atoms with Crippen molar-refractivity contribution < 1.29 is 14.6 Å². The van der Waals surface area contributed by atoms with Crippen molar-refractivity contribution >= 4 is 5.97 Å². The summed E-state index contributed by atoms with van der Waals surface area (Å²) >= 11 is 0. The highest BCUT2D eigenvalue weighted by atomic mass is 16.5. The van der Waals surface area contributed by atoms with Crippen LogP contribution in [0.2, 0.25) is 0 Å². The Hall–Kier alpha value is -3.07. The summed E-state index contributed by atoms with van der Waals surface area (Å²) in [4.78, 5) is 11.0. The molecule has 1 atom stereocenters. The van der Waals surface area contributed by atoms with Gasteiger partial charge in [0.2, 0.25) is 0 Å². The van der Waals surface area contributed by atoms with Crippen LogP contribution in [0, 0.1) is 0 Å². The van der Waals surface area contributed by atoms with Crippen LogP contribution in [0.3, 0.4) is 0 Å². The summed E-state index contributed by atoms with van der Waals surface area (Å²) in [7, 11) is 0. The minimum absolute atomic E-state index is 0.229. The molecule has 0 spiro atoms. The van der Waals surface area contributed by atoms with E-state index < -0.39 is 5.97 Å². The molecule has 1 unspecified atom stereocenters. The molecule has 3 aromatic rings. The number of aromatic carboxylic acids is 1. The second-order valence-electron chi connectivity index (χ2n) is 6.70. The molecule has 0 fully saturated rings. The molecule has 0 radical (unpaired) electrons. The minimum atomic E-state index is -0.909. The molecule has 3 aromatic carbocycles. The van der Waals surface area contributed by atoms with E-state index in [4.69, 9.17) is 9.84 Å². The van der Waals surface area contributed by atoms with E-state index in [0.717, 1.165) is 40.8 Å². The van der Waals surface area contributed by atoms with Crippen molar-refractivity contribution in [2.45, 2.75) is 32.8 Å². The van der Waals surface area contributed by atoms with Gasteiger partial charge >= 0.3 is 5.97 Å². The van der Waals surface area contributed by atoms with E-state index in [1.54, 1.807) is 12.1 Å². The first-order chi connectivity index (χ1) is 13.1. The van der Waals surface area contributed by atoms with Crippen molar-refractivity contribution in [2.24, 2.45) is 0 Å². The van der Waals surface area contributed by atoms with Gasteiger partial charge < -0.3 is 9.84 Å². The number of carbonyl (C=O) groups is 1. The maximum atomic E-state index is 11.0. The average molecular weight is 360 g/mol. The Morgan fingerprint density at radius 2 is 1.22 bits per heavy atom. The fourth-order valence-electron chi connectivity index (χ4n) is 3.08. The lowest BCUT2D eigenvalue weighted by Gasteiger charge is -2.14. The zero-order valence-electron chi connectivity index (χ0n) is 15.7. The van der Waals surface area contributed by atoms with Crippen molar-refractivity contribution in [3.8, 4) is 28.0 Å². The Morgan fingerprint density at radius 3 is 1.63 bits per heavy atom. The quantitative estimate of drug-likeness (QED) is 0.539.